The Labute approximate surface area is 128 Å². The van der Waals surface area contributed by atoms with Crippen LogP contribution >= 0.6 is 11.3 Å². The molecule has 0 unspecified atom stereocenters. The molecular weight excluding hydrogens is 284 g/mol. The lowest BCUT2D eigenvalue weighted by atomic mass is 10.3. The van der Waals surface area contributed by atoms with E-state index in [4.69, 9.17) is 0 Å². The predicted octanol–water partition coefficient (Wildman–Crippen LogP) is 2.34. The highest BCUT2D eigenvalue weighted by molar-refractivity contribution is 7.16. The molecular formula is C15H22N4OS. The molecule has 21 heavy (non-hydrogen) atoms. The molecule has 0 N–H and O–H groups in total. The summed E-state index contributed by atoms with van der Waals surface area (Å²) in [5.74, 6) is 0.858. The fourth-order valence-electron chi connectivity index (χ4n) is 2.57. The van der Waals surface area contributed by atoms with Gasteiger partial charge in [0.1, 0.15) is 5.01 Å². The Morgan fingerprint density at radius 3 is 2.90 bits per heavy atom. The zero-order chi connectivity index (χ0) is 14.8. The largest absolute Gasteiger partial charge is 0.297 e. The van der Waals surface area contributed by atoms with Crippen molar-refractivity contribution in [2.45, 2.75) is 46.1 Å². The molecule has 2 aromatic rings. The third-order valence-electron chi connectivity index (χ3n) is 3.78. The molecule has 6 heteroatoms. The lowest BCUT2D eigenvalue weighted by Gasteiger charge is -2.20. The molecule has 0 spiro atoms. The van der Waals surface area contributed by atoms with E-state index < -0.39 is 0 Å². The van der Waals surface area contributed by atoms with Crippen LogP contribution in [0, 0.1) is 5.92 Å². The molecule has 1 aliphatic rings. The second kappa shape index (κ2) is 6.23. The van der Waals surface area contributed by atoms with Crippen molar-refractivity contribution in [1.29, 1.82) is 0 Å². The highest BCUT2D eigenvalue weighted by Crippen LogP contribution is 2.30. The number of hydrogen-bond acceptors (Lipinski definition) is 5. The van der Waals surface area contributed by atoms with E-state index in [1.54, 1.807) is 6.07 Å². The van der Waals surface area contributed by atoms with Crippen LogP contribution in [0.1, 0.15) is 43.8 Å². The van der Waals surface area contributed by atoms with Gasteiger partial charge in [-0.1, -0.05) is 25.2 Å². The van der Waals surface area contributed by atoms with Gasteiger partial charge in [0.2, 0.25) is 4.96 Å². The number of aryl methyl sites for hydroxylation is 1. The highest BCUT2D eigenvalue weighted by atomic mass is 32.1. The fourth-order valence-corrected chi connectivity index (χ4v) is 3.42. The van der Waals surface area contributed by atoms with Gasteiger partial charge in [-0.25, -0.2) is 4.98 Å². The number of hydrogen-bond donors (Lipinski definition) is 0. The highest BCUT2D eigenvalue weighted by Gasteiger charge is 2.24. The molecule has 5 nitrogen and oxygen atoms in total. The lowest BCUT2D eigenvalue weighted by molar-refractivity contribution is 0.252. The maximum Gasteiger partial charge on any atom is 0.275 e. The van der Waals surface area contributed by atoms with Gasteiger partial charge in [0.25, 0.3) is 5.56 Å². The van der Waals surface area contributed by atoms with Crippen LogP contribution in [0.25, 0.3) is 4.96 Å². The molecule has 3 rings (SSSR count). The van der Waals surface area contributed by atoms with Crippen LogP contribution in [0.15, 0.2) is 10.9 Å². The second-order valence-electron chi connectivity index (χ2n) is 5.81. The number of fused-ring (bicyclic) bond motifs is 1. The van der Waals surface area contributed by atoms with Crippen molar-refractivity contribution in [3.05, 3.63) is 27.1 Å². The summed E-state index contributed by atoms with van der Waals surface area (Å²) in [6.07, 6.45) is 4.68. The quantitative estimate of drug-likeness (QED) is 0.788. The molecule has 2 aromatic heterocycles. The topological polar surface area (TPSA) is 50.5 Å². The summed E-state index contributed by atoms with van der Waals surface area (Å²) in [5, 5.41) is 5.25. The summed E-state index contributed by atoms with van der Waals surface area (Å²) in [7, 11) is 0. The van der Waals surface area contributed by atoms with Crippen molar-refractivity contribution in [3.8, 4) is 0 Å². The molecule has 0 bridgehead atoms. The van der Waals surface area contributed by atoms with Crippen molar-refractivity contribution < 1.29 is 0 Å². The van der Waals surface area contributed by atoms with Gasteiger partial charge in [-0.15, -0.1) is 0 Å². The van der Waals surface area contributed by atoms with Gasteiger partial charge in [0.15, 0.2) is 0 Å². The Morgan fingerprint density at radius 1 is 1.43 bits per heavy atom. The van der Waals surface area contributed by atoms with Crippen molar-refractivity contribution in [2.24, 2.45) is 5.92 Å². The summed E-state index contributed by atoms with van der Waals surface area (Å²) in [5.41, 5.74) is 0.814. The van der Waals surface area contributed by atoms with Gasteiger partial charge in [-0.05, 0) is 38.1 Å². The monoisotopic (exact) mass is 306 g/mol. The molecule has 0 amide bonds. The molecule has 1 fully saturated rings. The van der Waals surface area contributed by atoms with Crippen molar-refractivity contribution in [1.82, 2.24) is 19.5 Å². The first-order valence-corrected chi connectivity index (χ1v) is 8.62. The van der Waals surface area contributed by atoms with Crippen LogP contribution in [-0.4, -0.2) is 32.6 Å². The third-order valence-corrected chi connectivity index (χ3v) is 4.83. The Bertz CT molecular complexity index is 674. The minimum Gasteiger partial charge on any atom is -0.297 e. The van der Waals surface area contributed by atoms with Crippen molar-refractivity contribution in [2.75, 3.05) is 13.1 Å². The zero-order valence-electron chi connectivity index (χ0n) is 12.7. The summed E-state index contributed by atoms with van der Waals surface area (Å²) in [6, 6.07) is 1.64. The molecule has 0 aliphatic heterocycles. The maximum atomic E-state index is 12.2. The number of aromatic nitrogens is 3. The van der Waals surface area contributed by atoms with Gasteiger partial charge in [-0.3, -0.25) is 9.69 Å². The number of nitrogens with zero attached hydrogens (tertiary/aromatic N) is 4. The van der Waals surface area contributed by atoms with E-state index in [9.17, 15) is 4.79 Å². The van der Waals surface area contributed by atoms with E-state index >= 15 is 0 Å². The van der Waals surface area contributed by atoms with E-state index in [1.807, 2.05) is 6.92 Å². The van der Waals surface area contributed by atoms with Crippen molar-refractivity contribution >= 4 is 16.3 Å². The molecule has 0 atom stereocenters. The van der Waals surface area contributed by atoms with E-state index in [0.717, 1.165) is 54.1 Å². The van der Waals surface area contributed by atoms with Gasteiger partial charge < -0.3 is 0 Å². The van der Waals surface area contributed by atoms with Crippen LogP contribution in [0.2, 0.25) is 0 Å². The first-order valence-electron chi connectivity index (χ1n) is 7.80. The Morgan fingerprint density at radius 2 is 2.24 bits per heavy atom. The standard InChI is InChI=1S/C15H22N4OS/c1-3-7-18(9-11-5-6-11)10-12-8-14(20)19-15(16-12)21-13(4-2)17-19/h8,11H,3-7,9-10H2,1-2H3. The summed E-state index contributed by atoms with van der Waals surface area (Å²) >= 11 is 1.51. The van der Waals surface area contributed by atoms with E-state index in [0.29, 0.717) is 0 Å². The number of rotatable bonds is 7. The Hall–Kier alpha value is -1.27. The maximum absolute atomic E-state index is 12.2. The average Bonchev–Trinajstić information content (AvgIpc) is 3.15. The molecule has 0 radical (unpaired) electrons. The van der Waals surface area contributed by atoms with E-state index in [1.165, 1.54) is 28.7 Å². The van der Waals surface area contributed by atoms with Gasteiger partial charge >= 0.3 is 0 Å². The van der Waals surface area contributed by atoms with E-state index in [-0.39, 0.29) is 5.56 Å². The average molecular weight is 306 g/mol. The Balaban J connectivity index is 1.83. The molecule has 0 aromatic carbocycles. The fraction of sp³-hybridized carbons (Fsp3) is 0.667. The normalized spacial score (nSPS) is 15.2. The molecule has 0 saturated heterocycles. The summed E-state index contributed by atoms with van der Waals surface area (Å²) in [4.78, 5) is 19.9. The minimum atomic E-state index is -0.0613. The predicted molar refractivity (Wildman–Crippen MR) is 84.8 cm³/mol. The summed E-state index contributed by atoms with van der Waals surface area (Å²) < 4.78 is 1.43. The molecule has 2 heterocycles. The Kier molecular flexibility index (Phi) is 4.35. The van der Waals surface area contributed by atoms with Gasteiger partial charge in [-0.2, -0.15) is 9.61 Å². The minimum absolute atomic E-state index is 0.0613. The van der Waals surface area contributed by atoms with Crippen LogP contribution in [0.3, 0.4) is 0 Å². The van der Waals surface area contributed by atoms with Crippen molar-refractivity contribution in [3.63, 3.8) is 0 Å². The molecule has 1 aliphatic carbocycles. The van der Waals surface area contributed by atoms with Gasteiger partial charge in [0.05, 0.1) is 5.69 Å². The third kappa shape index (κ3) is 3.49. The van der Waals surface area contributed by atoms with Crippen LogP contribution in [0.5, 0.6) is 0 Å². The van der Waals surface area contributed by atoms with E-state index in [2.05, 4.69) is 21.9 Å². The second-order valence-corrected chi connectivity index (χ2v) is 6.85. The van der Waals surface area contributed by atoms with Gasteiger partial charge in [0, 0.05) is 19.2 Å². The van der Waals surface area contributed by atoms with Crippen LogP contribution < -0.4 is 5.56 Å². The zero-order valence-corrected chi connectivity index (χ0v) is 13.5. The SMILES string of the molecule is CCCN(Cc1cc(=O)n2nc(CC)sc2n1)CC1CC1. The van der Waals surface area contributed by atoms with Crippen LogP contribution in [-0.2, 0) is 13.0 Å². The smallest absolute Gasteiger partial charge is 0.275 e. The first kappa shape index (κ1) is 14.7. The lowest BCUT2D eigenvalue weighted by Crippen LogP contribution is -2.28. The van der Waals surface area contributed by atoms with Crippen LogP contribution in [0.4, 0.5) is 0 Å². The summed E-state index contributed by atoms with van der Waals surface area (Å²) in [6.45, 7) is 7.22. The molecule has 1 saturated carbocycles. The first-order chi connectivity index (χ1) is 10.2. The molecule has 114 valence electrons.